The lowest BCUT2D eigenvalue weighted by molar-refractivity contribution is -0.142. The lowest BCUT2D eigenvalue weighted by Crippen LogP contribution is -2.58. The van der Waals surface area contributed by atoms with E-state index in [9.17, 15) is 24.3 Å². The molecular weight excluding hydrogens is 436 g/mol. The number of carbonyl (C=O) groups is 4. The summed E-state index contributed by atoms with van der Waals surface area (Å²) in [5.41, 5.74) is 16.6. The monoisotopic (exact) mass is 476 g/mol. The van der Waals surface area contributed by atoms with Gasteiger partial charge in [0.25, 0.3) is 0 Å². The fourth-order valence-electron chi connectivity index (χ4n) is 2.92. The number of unbranched alkanes of at least 4 members (excludes halogenated alkanes) is 2. The number of rotatable bonds is 17. The van der Waals surface area contributed by atoms with Gasteiger partial charge in [-0.25, -0.2) is 4.79 Å². The molecule has 0 aliphatic heterocycles. The quantitative estimate of drug-likeness (QED) is 0.0933. The molecule has 0 radical (unpaired) electrons. The third-order valence-corrected chi connectivity index (χ3v) is 5.32. The maximum absolute atomic E-state index is 12.9. The van der Waals surface area contributed by atoms with E-state index in [4.69, 9.17) is 17.2 Å². The molecule has 32 heavy (non-hydrogen) atoms. The van der Waals surface area contributed by atoms with Crippen molar-refractivity contribution in [2.24, 2.45) is 23.1 Å². The first-order chi connectivity index (χ1) is 15.1. The van der Waals surface area contributed by atoms with Crippen molar-refractivity contribution in [3.63, 3.8) is 0 Å². The lowest BCUT2D eigenvalue weighted by Gasteiger charge is -2.27. The molecule has 0 saturated heterocycles. The molecule has 0 spiro atoms. The first-order valence-corrected chi connectivity index (χ1v) is 11.6. The fourth-order valence-corrected chi connectivity index (χ4v) is 3.09. The third-order valence-electron chi connectivity index (χ3n) is 4.92. The summed E-state index contributed by atoms with van der Waals surface area (Å²) in [4.78, 5) is 49.4. The predicted octanol–water partition coefficient (Wildman–Crippen LogP) is -1.30. The fraction of sp³-hybridized carbons (Fsp3) is 0.800. The highest BCUT2D eigenvalue weighted by molar-refractivity contribution is 7.80. The molecule has 3 amide bonds. The zero-order chi connectivity index (χ0) is 24.7. The zero-order valence-electron chi connectivity index (χ0n) is 19.0. The molecular formula is C20H40N6O5S. The predicted molar refractivity (Wildman–Crippen MR) is 126 cm³/mol. The molecule has 0 aliphatic carbocycles. The average Bonchev–Trinajstić information content (AvgIpc) is 2.74. The number of thiol groups is 1. The van der Waals surface area contributed by atoms with Crippen molar-refractivity contribution in [1.29, 1.82) is 0 Å². The molecule has 4 atom stereocenters. The van der Waals surface area contributed by atoms with Crippen LogP contribution in [0.15, 0.2) is 0 Å². The summed E-state index contributed by atoms with van der Waals surface area (Å²) in [6.07, 6.45) is 2.99. The number of hydrogen-bond donors (Lipinski definition) is 8. The van der Waals surface area contributed by atoms with E-state index in [1.807, 2.05) is 0 Å². The summed E-state index contributed by atoms with van der Waals surface area (Å²) in [6.45, 7) is 4.33. The Kier molecular flexibility index (Phi) is 15.7. The number of hydrogen-bond acceptors (Lipinski definition) is 8. The standard InChI is InChI=1S/C20H40N6O5S/c1-12(2)16(19(29)25-15(20(30)31)8-4-6-10-22)26-18(28)14(7-3-5-9-21)24-17(27)13(23)11-32/h12-16,32H,3-11,21-23H2,1-2H3,(H,24,27)(H,25,29)(H,26,28)(H,30,31). The Balaban J connectivity index is 5.30. The topological polar surface area (TPSA) is 203 Å². The van der Waals surface area contributed by atoms with Crippen LogP contribution >= 0.6 is 12.6 Å². The second kappa shape index (κ2) is 16.7. The normalized spacial score (nSPS) is 14.8. The van der Waals surface area contributed by atoms with Crippen LogP contribution in [0.1, 0.15) is 52.4 Å². The van der Waals surface area contributed by atoms with E-state index < -0.39 is 47.9 Å². The van der Waals surface area contributed by atoms with Crippen LogP contribution in [0.4, 0.5) is 0 Å². The van der Waals surface area contributed by atoms with Crippen LogP contribution in [0.2, 0.25) is 0 Å². The molecule has 0 fully saturated rings. The van der Waals surface area contributed by atoms with E-state index in [0.29, 0.717) is 45.2 Å². The molecule has 10 N–H and O–H groups in total. The van der Waals surface area contributed by atoms with Crippen molar-refractivity contribution in [3.05, 3.63) is 0 Å². The van der Waals surface area contributed by atoms with Gasteiger partial charge in [0.15, 0.2) is 0 Å². The summed E-state index contributed by atoms with van der Waals surface area (Å²) in [7, 11) is 0. The SMILES string of the molecule is CC(C)C(NC(=O)C(CCCCN)NC(=O)C(N)CS)C(=O)NC(CCCCN)C(=O)O. The van der Waals surface area contributed by atoms with Gasteiger partial charge in [0.05, 0.1) is 6.04 Å². The van der Waals surface area contributed by atoms with E-state index in [1.54, 1.807) is 13.8 Å². The van der Waals surface area contributed by atoms with E-state index in [-0.39, 0.29) is 18.1 Å². The van der Waals surface area contributed by atoms with Crippen molar-refractivity contribution in [2.45, 2.75) is 76.5 Å². The highest BCUT2D eigenvalue weighted by Crippen LogP contribution is 2.08. The van der Waals surface area contributed by atoms with Crippen LogP contribution < -0.4 is 33.2 Å². The van der Waals surface area contributed by atoms with Crippen LogP contribution in [-0.2, 0) is 19.2 Å². The number of nitrogens with one attached hydrogen (secondary N) is 3. The molecule has 0 aromatic heterocycles. The Morgan fingerprint density at radius 2 is 1.31 bits per heavy atom. The smallest absolute Gasteiger partial charge is 0.326 e. The van der Waals surface area contributed by atoms with E-state index in [2.05, 4.69) is 28.6 Å². The molecule has 0 saturated carbocycles. The minimum Gasteiger partial charge on any atom is -0.480 e. The average molecular weight is 477 g/mol. The number of carbonyl (C=O) groups excluding carboxylic acids is 3. The van der Waals surface area contributed by atoms with Crippen LogP contribution in [-0.4, -0.2) is 71.8 Å². The maximum Gasteiger partial charge on any atom is 0.326 e. The van der Waals surface area contributed by atoms with Crippen molar-refractivity contribution in [1.82, 2.24) is 16.0 Å². The van der Waals surface area contributed by atoms with E-state index in [1.165, 1.54) is 0 Å². The highest BCUT2D eigenvalue weighted by Gasteiger charge is 2.31. The first-order valence-electron chi connectivity index (χ1n) is 11.0. The summed E-state index contributed by atoms with van der Waals surface area (Å²) >= 11 is 3.99. The lowest BCUT2D eigenvalue weighted by atomic mass is 10.0. The van der Waals surface area contributed by atoms with E-state index in [0.717, 1.165) is 0 Å². The number of aliphatic carboxylic acids is 1. The van der Waals surface area contributed by atoms with Gasteiger partial charge in [-0.3, -0.25) is 14.4 Å². The molecule has 186 valence electrons. The van der Waals surface area contributed by atoms with Gasteiger partial charge in [-0.1, -0.05) is 13.8 Å². The molecule has 0 aromatic rings. The summed E-state index contributed by atoms with van der Waals surface area (Å²) in [6, 6.07) is -3.85. The number of carboxylic acid groups (broad SMARTS) is 1. The van der Waals surface area contributed by atoms with Gasteiger partial charge < -0.3 is 38.3 Å². The molecule has 0 heterocycles. The van der Waals surface area contributed by atoms with Gasteiger partial charge in [-0.15, -0.1) is 0 Å². The molecule has 0 aromatic carbocycles. The molecule has 0 rings (SSSR count). The Hall–Kier alpha value is -1.89. The summed E-state index contributed by atoms with van der Waals surface area (Å²) in [5.74, 6) is -3.04. The van der Waals surface area contributed by atoms with Crippen molar-refractivity contribution in [2.75, 3.05) is 18.8 Å². The largest absolute Gasteiger partial charge is 0.480 e. The molecule has 4 unspecified atom stereocenters. The summed E-state index contributed by atoms with van der Waals surface area (Å²) < 4.78 is 0. The number of nitrogens with two attached hydrogens (primary N) is 3. The second-order valence-corrected chi connectivity index (χ2v) is 8.41. The van der Waals surface area contributed by atoms with Crippen molar-refractivity contribution >= 4 is 36.3 Å². The van der Waals surface area contributed by atoms with Gasteiger partial charge in [0.1, 0.15) is 18.1 Å². The van der Waals surface area contributed by atoms with Gasteiger partial charge in [-0.05, 0) is 57.5 Å². The second-order valence-electron chi connectivity index (χ2n) is 8.05. The van der Waals surface area contributed by atoms with Crippen molar-refractivity contribution < 1.29 is 24.3 Å². The van der Waals surface area contributed by atoms with Crippen LogP contribution in [0.25, 0.3) is 0 Å². The highest BCUT2D eigenvalue weighted by atomic mass is 32.1. The molecule has 12 heteroatoms. The minimum atomic E-state index is -1.16. The first kappa shape index (κ1) is 30.1. The van der Waals surface area contributed by atoms with Gasteiger partial charge in [0.2, 0.25) is 17.7 Å². The maximum atomic E-state index is 12.9. The molecule has 0 bridgehead atoms. The molecule has 11 nitrogen and oxygen atoms in total. The van der Waals surface area contributed by atoms with Gasteiger partial charge in [0, 0.05) is 5.75 Å². The third kappa shape index (κ3) is 11.7. The minimum absolute atomic E-state index is 0.112. The molecule has 0 aliphatic rings. The Labute approximate surface area is 195 Å². The Morgan fingerprint density at radius 3 is 1.75 bits per heavy atom. The number of carboxylic acids is 1. The van der Waals surface area contributed by atoms with Crippen LogP contribution in [0, 0.1) is 5.92 Å². The zero-order valence-corrected chi connectivity index (χ0v) is 19.9. The van der Waals surface area contributed by atoms with Gasteiger partial charge in [-0.2, -0.15) is 12.6 Å². The van der Waals surface area contributed by atoms with Crippen LogP contribution in [0.3, 0.4) is 0 Å². The Bertz CT molecular complexity index is 607. The van der Waals surface area contributed by atoms with E-state index >= 15 is 0 Å². The Morgan fingerprint density at radius 1 is 0.812 bits per heavy atom. The van der Waals surface area contributed by atoms with Gasteiger partial charge >= 0.3 is 5.97 Å². The number of amides is 3. The summed E-state index contributed by atoms with van der Waals surface area (Å²) in [5, 5.41) is 17.1. The van der Waals surface area contributed by atoms with Crippen LogP contribution in [0.5, 0.6) is 0 Å². The van der Waals surface area contributed by atoms with Crippen molar-refractivity contribution in [3.8, 4) is 0 Å².